The van der Waals surface area contributed by atoms with Gasteiger partial charge in [-0.2, -0.15) is 0 Å². The van der Waals surface area contributed by atoms with Crippen molar-refractivity contribution < 1.29 is 33.0 Å². The van der Waals surface area contributed by atoms with E-state index >= 15 is 0 Å². The zero-order valence-electron chi connectivity index (χ0n) is 10.1. The monoisotopic (exact) mass is 291 g/mol. The Morgan fingerprint density at radius 3 is 2.10 bits per heavy atom. The van der Waals surface area contributed by atoms with Crippen molar-refractivity contribution >= 4 is 11.9 Å². The van der Waals surface area contributed by atoms with E-state index in [1.54, 1.807) is 0 Å². The molecule has 1 aromatic rings. The zero-order valence-corrected chi connectivity index (χ0v) is 10.1. The summed E-state index contributed by atoms with van der Waals surface area (Å²) < 4.78 is 39.2. The number of hydrogen-bond acceptors (Lipinski definition) is 3. The van der Waals surface area contributed by atoms with Crippen LogP contribution in [0.15, 0.2) is 18.2 Å². The van der Waals surface area contributed by atoms with Crippen molar-refractivity contribution in [3.63, 3.8) is 0 Å². The van der Waals surface area contributed by atoms with Crippen LogP contribution in [-0.4, -0.2) is 35.2 Å². The summed E-state index contributed by atoms with van der Waals surface area (Å²) in [5, 5.41) is 17.7. The van der Waals surface area contributed by atoms with Crippen molar-refractivity contribution in [3.8, 4) is 0 Å². The molecule has 2 rings (SSSR count). The van der Waals surface area contributed by atoms with Crippen molar-refractivity contribution in [2.75, 3.05) is 13.1 Å². The first-order chi connectivity index (χ1) is 9.32. The minimum absolute atomic E-state index is 0.0436. The molecule has 1 aliphatic rings. The molecule has 0 radical (unpaired) electrons. The number of carbonyl (C=O) groups is 2. The summed E-state index contributed by atoms with van der Waals surface area (Å²) in [7, 11) is 0. The van der Waals surface area contributed by atoms with E-state index < -0.39 is 29.7 Å². The number of rotatable bonds is 2. The molecule has 0 bridgehead atoms. The summed E-state index contributed by atoms with van der Waals surface area (Å²) in [6, 6.07) is 2.97. The van der Waals surface area contributed by atoms with Crippen molar-refractivity contribution in [1.82, 2.24) is 5.32 Å². The van der Waals surface area contributed by atoms with E-state index in [-0.39, 0.29) is 11.5 Å². The smallest absolute Gasteiger partial charge is 0.414 e. The Morgan fingerprint density at radius 1 is 1.20 bits per heavy atom. The van der Waals surface area contributed by atoms with Gasteiger partial charge in [0, 0.05) is 30.6 Å². The van der Waals surface area contributed by atoms with Crippen LogP contribution in [-0.2, 0) is 9.59 Å². The Balaban J connectivity index is 0.000000286. The number of alkyl halides is 1. The first-order valence-electron chi connectivity index (χ1n) is 5.59. The highest BCUT2D eigenvalue weighted by atomic mass is 19.1. The minimum atomic E-state index is -1.82. The van der Waals surface area contributed by atoms with E-state index in [2.05, 4.69) is 5.32 Å². The molecular weight excluding hydrogens is 279 g/mol. The molecule has 1 aliphatic heterocycles. The molecule has 0 amide bonds. The molecule has 1 aromatic carbocycles. The second-order valence-electron chi connectivity index (χ2n) is 4.10. The van der Waals surface area contributed by atoms with Crippen LogP contribution in [0.1, 0.15) is 11.7 Å². The van der Waals surface area contributed by atoms with Gasteiger partial charge in [0.05, 0.1) is 0 Å². The molecule has 0 spiro atoms. The minimum Gasteiger partial charge on any atom is -0.473 e. The average molecular weight is 291 g/mol. The quantitative estimate of drug-likeness (QED) is 0.716. The normalized spacial score (nSPS) is 15.6. The van der Waals surface area contributed by atoms with Crippen molar-refractivity contribution in [2.24, 2.45) is 5.92 Å². The lowest BCUT2D eigenvalue weighted by Crippen LogP contribution is -2.44. The van der Waals surface area contributed by atoms with Crippen LogP contribution in [0.2, 0.25) is 0 Å². The van der Waals surface area contributed by atoms with Gasteiger partial charge in [-0.1, -0.05) is 6.07 Å². The summed E-state index contributed by atoms with van der Waals surface area (Å²) >= 11 is 0. The predicted molar refractivity (Wildman–Crippen MR) is 61.8 cm³/mol. The number of nitrogens with one attached hydrogen (secondary N) is 1. The van der Waals surface area contributed by atoms with Crippen LogP contribution in [0.25, 0.3) is 0 Å². The van der Waals surface area contributed by atoms with Crippen LogP contribution < -0.4 is 5.32 Å². The predicted octanol–water partition coefficient (Wildman–Crippen LogP) is 1.35. The molecule has 1 saturated heterocycles. The summed E-state index contributed by atoms with van der Waals surface area (Å²) in [5.41, 5.74) is -0.0436. The molecule has 0 saturated carbocycles. The van der Waals surface area contributed by atoms with Gasteiger partial charge in [-0.3, -0.25) is 0 Å². The summed E-state index contributed by atoms with van der Waals surface area (Å²) in [6.07, 6.45) is -1.34. The molecule has 0 aromatic heterocycles. The van der Waals surface area contributed by atoms with Crippen molar-refractivity contribution in [3.05, 3.63) is 35.4 Å². The van der Waals surface area contributed by atoms with E-state index in [9.17, 15) is 13.2 Å². The highest BCUT2D eigenvalue weighted by molar-refractivity contribution is 6.27. The molecule has 0 aliphatic carbocycles. The average Bonchev–Trinajstić information content (AvgIpc) is 2.26. The van der Waals surface area contributed by atoms with E-state index in [0.717, 1.165) is 6.07 Å². The third kappa shape index (κ3) is 4.23. The molecular formula is C12H12F3NO4. The molecule has 1 heterocycles. The first-order valence-corrected chi connectivity index (χ1v) is 5.59. The van der Waals surface area contributed by atoms with Crippen LogP contribution in [0.4, 0.5) is 13.2 Å². The maximum absolute atomic E-state index is 13.6. The van der Waals surface area contributed by atoms with E-state index in [1.807, 2.05) is 0 Å². The Labute approximate surface area is 112 Å². The number of halogens is 3. The van der Waals surface area contributed by atoms with Crippen LogP contribution in [0, 0.1) is 17.6 Å². The highest BCUT2D eigenvalue weighted by Gasteiger charge is 2.29. The summed E-state index contributed by atoms with van der Waals surface area (Å²) in [6.45, 7) is 1.11. The van der Waals surface area contributed by atoms with Gasteiger partial charge in [0.2, 0.25) is 0 Å². The van der Waals surface area contributed by atoms with Gasteiger partial charge in [0.1, 0.15) is 17.8 Å². The first kappa shape index (κ1) is 16.0. The lowest BCUT2D eigenvalue weighted by atomic mass is 9.92. The SMILES string of the molecule is Fc1ccc(C(F)C2CNC2)c(F)c1.O=C(O)C(=O)O. The highest BCUT2D eigenvalue weighted by Crippen LogP contribution is 2.30. The molecule has 5 nitrogen and oxygen atoms in total. The number of benzene rings is 1. The van der Waals surface area contributed by atoms with Gasteiger partial charge >= 0.3 is 11.9 Å². The Morgan fingerprint density at radius 2 is 1.75 bits per heavy atom. The maximum Gasteiger partial charge on any atom is 0.414 e. The van der Waals surface area contributed by atoms with Crippen LogP contribution >= 0.6 is 0 Å². The summed E-state index contributed by atoms with van der Waals surface area (Å²) in [5.74, 6) is -5.31. The Kier molecular flexibility index (Phi) is 5.51. The van der Waals surface area contributed by atoms with Crippen molar-refractivity contribution in [2.45, 2.75) is 6.17 Å². The van der Waals surface area contributed by atoms with E-state index in [4.69, 9.17) is 19.8 Å². The van der Waals surface area contributed by atoms with Gasteiger partial charge in [-0.25, -0.2) is 22.8 Å². The Hall–Kier alpha value is -2.09. The van der Waals surface area contributed by atoms with Gasteiger partial charge in [-0.05, 0) is 6.07 Å². The molecule has 110 valence electrons. The lowest BCUT2D eigenvalue weighted by molar-refractivity contribution is -0.159. The van der Waals surface area contributed by atoms with Gasteiger partial charge in [0.15, 0.2) is 0 Å². The fourth-order valence-electron chi connectivity index (χ4n) is 1.50. The zero-order chi connectivity index (χ0) is 15.3. The lowest BCUT2D eigenvalue weighted by Gasteiger charge is -2.30. The van der Waals surface area contributed by atoms with Gasteiger partial charge < -0.3 is 15.5 Å². The third-order valence-corrected chi connectivity index (χ3v) is 2.67. The van der Waals surface area contributed by atoms with E-state index in [0.29, 0.717) is 19.2 Å². The standard InChI is InChI=1S/C10H10F3N.C2H2O4/c11-7-1-2-8(9(12)3-7)10(13)6-4-14-5-6;3-1(4)2(5)6/h1-3,6,10,14H,4-5H2;(H,3,4)(H,5,6). The van der Waals surface area contributed by atoms with Crippen molar-refractivity contribution in [1.29, 1.82) is 0 Å². The second kappa shape index (κ2) is 6.90. The third-order valence-electron chi connectivity index (χ3n) is 2.67. The molecule has 3 N–H and O–H groups in total. The number of carboxylic acids is 2. The fraction of sp³-hybridized carbons (Fsp3) is 0.333. The van der Waals surface area contributed by atoms with Crippen LogP contribution in [0.3, 0.4) is 0 Å². The maximum atomic E-state index is 13.6. The van der Waals surface area contributed by atoms with Gasteiger partial charge in [-0.15, -0.1) is 0 Å². The molecule has 8 heteroatoms. The Bertz CT molecular complexity index is 493. The molecule has 20 heavy (non-hydrogen) atoms. The fourth-order valence-corrected chi connectivity index (χ4v) is 1.50. The van der Waals surface area contributed by atoms with Gasteiger partial charge in [0.25, 0.3) is 0 Å². The van der Waals surface area contributed by atoms with E-state index in [1.165, 1.54) is 6.07 Å². The van der Waals surface area contributed by atoms with Crippen LogP contribution in [0.5, 0.6) is 0 Å². The molecule has 1 unspecified atom stereocenters. The molecule has 1 atom stereocenters. The number of hydrogen-bond donors (Lipinski definition) is 3. The molecule has 1 fully saturated rings. The number of aliphatic carboxylic acids is 2. The largest absolute Gasteiger partial charge is 0.473 e. The topological polar surface area (TPSA) is 86.6 Å². The second-order valence-corrected chi connectivity index (χ2v) is 4.10. The number of carboxylic acid groups (broad SMARTS) is 2. The summed E-state index contributed by atoms with van der Waals surface area (Å²) in [4.78, 5) is 18.2.